The Morgan fingerprint density at radius 1 is 1.10 bits per heavy atom. The molecule has 0 fully saturated rings. The second-order valence-electron chi connectivity index (χ2n) is 5.01. The van der Waals surface area contributed by atoms with Crippen molar-refractivity contribution in [1.82, 2.24) is 0 Å². The van der Waals surface area contributed by atoms with Gasteiger partial charge in [0, 0.05) is 18.3 Å². The third kappa shape index (κ3) is 3.60. The van der Waals surface area contributed by atoms with Crippen molar-refractivity contribution in [3.05, 3.63) is 48.0 Å². The first kappa shape index (κ1) is 13.6. The molecular formula is C17H19NO3. The van der Waals surface area contributed by atoms with Crippen LogP contribution in [0, 0.1) is 6.92 Å². The maximum absolute atomic E-state index is 5.71. The van der Waals surface area contributed by atoms with Crippen molar-refractivity contribution in [2.24, 2.45) is 0 Å². The molecular weight excluding hydrogens is 266 g/mol. The highest BCUT2D eigenvalue weighted by atomic mass is 16.7. The maximum atomic E-state index is 5.71. The molecule has 4 nitrogen and oxygen atoms in total. The summed E-state index contributed by atoms with van der Waals surface area (Å²) in [7, 11) is 0. The Labute approximate surface area is 124 Å². The van der Waals surface area contributed by atoms with Gasteiger partial charge < -0.3 is 19.5 Å². The number of fused-ring (bicyclic) bond motifs is 1. The number of hydrogen-bond acceptors (Lipinski definition) is 4. The van der Waals surface area contributed by atoms with Crippen LogP contribution < -0.4 is 19.5 Å². The van der Waals surface area contributed by atoms with E-state index in [4.69, 9.17) is 14.2 Å². The Morgan fingerprint density at radius 2 is 2.00 bits per heavy atom. The van der Waals surface area contributed by atoms with E-state index >= 15 is 0 Å². The van der Waals surface area contributed by atoms with E-state index < -0.39 is 0 Å². The van der Waals surface area contributed by atoms with Gasteiger partial charge >= 0.3 is 0 Å². The third-order valence-corrected chi connectivity index (χ3v) is 3.28. The van der Waals surface area contributed by atoms with Crippen LogP contribution in [0.15, 0.2) is 42.5 Å². The van der Waals surface area contributed by atoms with Crippen molar-refractivity contribution in [1.29, 1.82) is 0 Å². The molecule has 0 aliphatic carbocycles. The molecule has 1 heterocycles. The van der Waals surface area contributed by atoms with Gasteiger partial charge in [0.1, 0.15) is 5.75 Å². The molecule has 0 unspecified atom stereocenters. The van der Waals surface area contributed by atoms with Gasteiger partial charge in [0.15, 0.2) is 11.5 Å². The van der Waals surface area contributed by atoms with Gasteiger partial charge in [-0.25, -0.2) is 0 Å². The average molecular weight is 285 g/mol. The van der Waals surface area contributed by atoms with Gasteiger partial charge in [-0.1, -0.05) is 12.1 Å². The topological polar surface area (TPSA) is 39.7 Å². The summed E-state index contributed by atoms with van der Waals surface area (Å²) >= 11 is 0. The predicted molar refractivity (Wildman–Crippen MR) is 82.3 cm³/mol. The lowest BCUT2D eigenvalue weighted by Crippen LogP contribution is -2.07. The quantitative estimate of drug-likeness (QED) is 0.823. The van der Waals surface area contributed by atoms with E-state index in [9.17, 15) is 0 Å². The summed E-state index contributed by atoms with van der Waals surface area (Å²) in [5.74, 6) is 2.54. The first-order valence-electron chi connectivity index (χ1n) is 7.14. The van der Waals surface area contributed by atoms with Crippen LogP contribution in [-0.4, -0.2) is 19.9 Å². The smallest absolute Gasteiger partial charge is 0.231 e. The predicted octanol–water partition coefficient (Wildman–Crippen LogP) is 3.60. The van der Waals surface area contributed by atoms with E-state index in [2.05, 4.69) is 18.3 Å². The van der Waals surface area contributed by atoms with Gasteiger partial charge in [-0.15, -0.1) is 0 Å². The molecule has 0 saturated heterocycles. The Morgan fingerprint density at radius 3 is 2.90 bits per heavy atom. The van der Waals surface area contributed by atoms with Crippen LogP contribution in [0.4, 0.5) is 5.69 Å². The number of hydrogen-bond donors (Lipinski definition) is 1. The van der Waals surface area contributed by atoms with Gasteiger partial charge in [0.05, 0.1) is 6.61 Å². The van der Waals surface area contributed by atoms with Crippen molar-refractivity contribution in [3.8, 4) is 17.2 Å². The molecule has 21 heavy (non-hydrogen) atoms. The molecule has 0 aromatic heterocycles. The molecule has 0 spiro atoms. The van der Waals surface area contributed by atoms with E-state index in [1.165, 1.54) is 5.56 Å². The summed E-state index contributed by atoms with van der Waals surface area (Å²) in [6, 6.07) is 14.0. The highest BCUT2D eigenvalue weighted by Gasteiger charge is 2.12. The SMILES string of the molecule is Cc1cccc(OCCCNc2ccc3c(c2)OCO3)c1. The monoisotopic (exact) mass is 285 g/mol. The molecule has 0 atom stereocenters. The molecule has 4 heteroatoms. The Balaban J connectivity index is 1.40. The van der Waals surface area contributed by atoms with Gasteiger partial charge in [-0.2, -0.15) is 0 Å². The van der Waals surface area contributed by atoms with Gasteiger partial charge in [-0.05, 0) is 43.2 Å². The molecule has 3 rings (SSSR count). The number of nitrogens with one attached hydrogen (secondary N) is 1. The summed E-state index contributed by atoms with van der Waals surface area (Å²) in [5.41, 5.74) is 2.25. The Kier molecular flexibility index (Phi) is 4.15. The zero-order chi connectivity index (χ0) is 14.5. The minimum Gasteiger partial charge on any atom is -0.494 e. The van der Waals surface area contributed by atoms with Crippen LogP contribution in [0.25, 0.3) is 0 Å². The first-order chi connectivity index (χ1) is 10.3. The third-order valence-electron chi connectivity index (χ3n) is 3.28. The summed E-state index contributed by atoms with van der Waals surface area (Å²) in [4.78, 5) is 0. The second-order valence-corrected chi connectivity index (χ2v) is 5.01. The van der Waals surface area contributed by atoms with Crippen LogP contribution in [0.1, 0.15) is 12.0 Å². The summed E-state index contributed by atoms with van der Waals surface area (Å²) in [6.07, 6.45) is 0.933. The lowest BCUT2D eigenvalue weighted by Gasteiger charge is -2.09. The summed E-state index contributed by atoms with van der Waals surface area (Å²) < 4.78 is 16.3. The van der Waals surface area contributed by atoms with Crippen LogP contribution >= 0.6 is 0 Å². The minimum atomic E-state index is 0.309. The molecule has 2 aromatic carbocycles. The Hall–Kier alpha value is -2.36. The molecule has 110 valence electrons. The summed E-state index contributed by atoms with van der Waals surface area (Å²) in [5, 5.41) is 3.36. The molecule has 1 aliphatic heterocycles. The number of rotatable bonds is 6. The molecule has 0 amide bonds. The van der Waals surface area contributed by atoms with Crippen molar-refractivity contribution in [2.75, 3.05) is 25.3 Å². The molecule has 0 bridgehead atoms. The first-order valence-corrected chi connectivity index (χ1v) is 7.14. The van der Waals surface area contributed by atoms with E-state index in [1.807, 2.05) is 36.4 Å². The van der Waals surface area contributed by atoms with Crippen LogP contribution in [0.5, 0.6) is 17.2 Å². The standard InChI is InChI=1S/C17H19NO3/c1-13-4-2-5-15(10-13)19-9-3-8-18-14-6-7-16-17(11-14)21-12-20-16/h2,4-7,10-11,18H,3,8-9,12H2,1H3. The number of anilines is 1. The zero-order valence-corrected chi connectivity index (χ0v) is 12.1. The van der Waals surface area contributed by atoms with E-state index in [0.717, 1.165) is 35.9 Å². The fourth-order valence-electron chi connectivity index (χ4n) is 2.21. The number of ether oxygens (including phenoxy) is 3. The Bertz CT molecular complexity index is 613. The average Bonchev–Trinajstić information content (AvgIpc) is 2.94. The molecule has 0 saturated carbocycles. The van der Waals surface area contributed by atoms with E-state index in [0.29, 0.717) is 13.4 Å². The van der Waals surface area contributed by atoms with Gasteiger partial charge in [-0.3, -0.25) is 0 Å². The lowest BCUT2D eigenvalue weighted by molar-refractivity contribution is 0.174. The number of aryl methyl sites for hydroxylation is 1. The van der Waals surface area contributed by atoms with Crippen molar-refractivity contribution in [2.45, 2.75) is 13.3 Å². The highest BCUT2D eigenvalue weighted by molar-refractivity contribution is 5.55. The fourth-order valence-corrected chi connectivity index (χ4v) is 2.21. The second kappa shape index (κ2) is 6.39. The van der Waals surface area contributed by atoms with Gasteiger partial charge in [0.2, 0.25) is 6.79 Å². The largest absolute Gasteiger partial charge is 0.494 e. The van der Waals surface area contributed by atoms with Crippen molar-refractivity contribution >= 4 is 5.69 Å². The lowest BCUT2D eigenvalue weighted by atomic mass is 10.2. The summed E-state index contributed by atoms with van der Waals surface area (Å²) in [6.45, 7) is 3.92. The van der Waals surface area contributed by atoms with Crippen LogP contribution in [0.2, 0.25) is 0 Å². The number of benzene rings is 2. The van der Waals surface area contributed by atoms with E-state index in [1.54, 1.807) is 0 Å². The minimum absolute atomic E-state index is 0.309. The molecule has 0 radical (unpaired) electrons. The van der Waals surface area contributed by atoms with Crippen LogP contribution in [0.3, 0.4) is 0 Å². The maximum Gasteiger partial charge on any atom is 0.231 e. The van der Waals surface area contributed by atoms with Gasteiger partial charge in [0.25, 0.3) is 0 Å². The molecule has 1 N–H and O–H groups in total. The van der Waals surface area contributed by atoms with Crippen molar-refractivity contribution in [3.63, 3.8) is 0 Å². The fraction of sp³-hybridized carbons (Fsp3) is 0.294. The molecule has 2 aromatic rings. The highest BCUT2D eigenvalue weighted by Crippen LogP contribution is 2.34. The normalized spacial score (nSPS) is 12.2. The zero-order valence-electron chi connectivity index (χ0n) is 12.1. The van der Waals surface area contributed by atoms with E-state index in [-0.39, 0.29) is 0 Å². The van der Waals surface area contributed by atoms with Crippen molar-refractivity contribution < 1.29 is 14.2 Å². The molecule has 1 aliphatic rings. The van der Waals surface area contributed by atoms with Crippen LogP contribution in [-0.2, 0) is 0 Å².